The smallest absolute Gasteiger partial charge is 0.224 e. The first-order valence-corrected chi connectivity index (χ1v) is 4.85. The Bertz CT molecular complexity index is 220. The Morgan fingerprint density at radius 1 is 1.62 bits per heavy atom. The molecule has 74 valence electrons. The summed E-state index contributed by atoms with van der Waals surface area (Å²) in [6, 6.07) is 0.293. The van der Waals surface area contributed by atoms with Gasteiger partial charge in [-0.2, -0.15) is 0 Å². The van der Waals surface area contributed by atoms with Gasteiger partial charge in [0, 0.05) is 25.6 Å². The Morgan fingerprint density at radius 3 is 2.85 bits per heavy atom. The van der Waals surface area contributed by atoms with Crippen LogP contribution in [0.25, 0.3) is 0 Å². The second kappa shape index (κ2) is 3.27. The lowest BCUT2D eigenvalue weighted by Gasteiger charge is -2.26. The maximum Gasteiger partial charge on any atom is 0.224 e. The lowest BCUT2D eigenvalue weighted by atomic mass is 10.1. The highest BCUT2D eigenvalue weighted by Gasteiger charge is 2.37. The normalized spacial score (nSPS) is 40.3. The number of hydrogen-bond donors (Lipinski definition) is 1. The molecule has 0 bridgehead atoms. The summed E-state index contributed by atoms with van der Waals surface area (Å²) in [6.45, 7) is 3.50. The summed E-state index contributed by atoms with van der Waals surface area (Å²) in [6.07, 6.45) is 1.64. The molecule has 0 saturated carbocycles. The Hall–Kier alpha value is -0.610. The minimum absolute atomic E-state index is 0.0281. The van der Waals surface area contributed by atoms with Gasteiger partial charge < -0.3 is 15.4 Å². The molecule has 2 heterocycles. The van der Waals surface area contributed by atoms with Crippen LogP contribution in [0.2, 0.25) is 0 Å². The van der Waals surface area contributed by atoms with E-state index in [1.807, 2.05) is 11.8 Å². The predicted octanol–water partition coefficient (Wildman–Crippen LogP) is -0.277. The molecular weight excluding hydrogens is 168 g/mol. The standard InChI is InChI=1S/C9H16N2O2/c1-6-8(2-3-13-6)11-5-7(10)4-9(11)12/h6-8H,2-5,10H2,1H3. The molecule has 2 saturated heterocycles. The third kappa shape index (κ3) is 1.56. The van der Waals surface area contributed by atoms with Crippen molar-refractivity contribution in [2.75, 3.05) is 13.2 Å². The molecule has 2 aliphatic heterocycles. The van der Waals surface area contributed by atoms with E-state index in [0.717, 1.165) is 13.0 Å². The maximum absolute atomic E-state index is 11.5. The number of ether oxygens (including phenoxy) is 1. The van der Waals surface area contributed by atoms with E-state index < -0.39 is 0 Å². The summed E-state index contributed by atoms with van der Waals surface area (Å²) in [5.41, 5.74) is 5.73. The first-order valence-electron chi connectivity index (χ1n) is 4.85. The van der Waals surface area contributed by atoms with E-state index in [1.165, 1.54) is 0 Å². The van der Waals surface area contributed by atoms with E-state index >= 15 is 0 Å². The maximum atomic E-state index is 11.5. The van der Waals surface area contributed by atoms with Crippen LogP contribution in [0.1, 0.15) is 19.8 Å². The van der Waals surface area contributed by atoms with Crippen molar-refractivity contribution >= 4 is 5.91 Å². The highest BCUT2D eigenvalue weighted by Crippen LogP contribution is 2.23. The van der Waals surface area contributed by atoms with Crippen LogP contribution in [0.3, 0.4) is 0 Å². The van der Waals surface area contributed by atoms with Gasteiger partial charge in [-0.1, -0.05) is 0 Å². The molecule has 4 heteroatoms. The molecule has 4 nitrogen and oxygen atoms in total. The van der Waals surface area contributed by atoms with Gasteiger partial charge in [-0.05, 0) is 13.3 Å². The van der Waals surface area contributed by atoms with Gasteiger partial charge in [-0.25, -0.2) is 0 Å². The van der Waals surface area contributed by atoms with Gasteiger partial charge in [-0.15, -0.1) is 0 Å². The third-order valence-electron chi connectivity index (χ3n) is 2.92. The van der Waals surface area contributed by atoms with Crippen LogP contribution in [0, 0.1) is 0 Å². The van der Waals surface area contributed by atoms with E-state index in [-0.39, 0.29) is 24.1 Å². The Morgan fingerprint density at radius 2 is 2.38 bits per heavy atom. The van der Waals surface area contributed by atoms with Crippen molar-refractivity contribution in [3.05, 3.63) is 0 Å². The van der Waals surface area contributed by atoms with Crippen LogP contribution < -0.4 is 5.73 Å². The molecule has 2 fully saturated rings. The summed E-state index contributed by atoms with van der Waals surface area (Å²) >= 11 is 0. The van der Waals surface area contributed by atoms with Crippen LogP contribution in [0.5, 0.6) is 0 Å². The van der Waals surface area contributed by atoms with Gasteiger partial charge in [0.1, 0.15) is 0 Å². The molecule has 0 aliphatic carbocycles. The summed E-state index contributed by atoms with van der Waals surface area (Å²) in [5, 5.41) is 0. The number of nitrogens with two attached hydrogens (primary N) is 1. The van der Waals surface area contributed by atoms with Crippen molar-refractivity contribution in [1.82, 2.24) is 4.90 Å². The van der Waals surface area contributed by atoms with Gasteiger partial charge in [-0.3, -0.25) is 4.79 Å². The highest BCUT2D eigenvalue weighted by atomic mass is 16.5. The van der Waals surface area contributed by atoms with Crippen molar-refractivity contribution in [3.8, 4) is 0 Å². The Kier molecular flexibility index (Phi) is 2.26. The fraction of sp³-hybridized carbons (Fsp3) is 0.889. The van der Waals surface area contributed by atoms with E-state index in [9.17, 15) is 4.79 Å². The lowest BCUT2D eigenvalue weighted by Crippen LogP contribution is -2.41. The molecule has 3 atom stereocenters. The van der Waals surface area contributed by atoms with Crippen molar-refractivity contribution in [3.63, 3.8) is 0 Å². The number of hydrogen-bond acceptors (Lipinski definition) is 3. The number of likely N-dealkylation sites (tertiary alicyclic amines) is 1. The SMILES string of the molecule is CC1OCCC1N1CC(N)CC1=O. The van der Waals surface area contributed by atoms with Crippen molar-refractivity contribution in [2.45, 2.75) is 38.0 Å². The van der Waals surface area contributed by atoms with E-state index in [0.29, 0.717) is 13.0 Å². The van der Waals surface area contributed by atoms with Crippen molar-refractivity contribution < 1.29 is 9.53 Å². The third-order valence-corrected chi connectivity index (χ3v) is 2.92. The molecule has 2 rings (SSSR count). The van der Waals surface area contributed by atoms with Crippen LogP contribution in [0.15, 0.2) is 0 Å². The van der Waals surface area contributed by atoms with Gasteiger partial charge in [0.25, 0.3) is 0 Å². The average molecular weight is 184 g/mol. The second-order valence-electron chi connectivity index (χ2n) is 3.94. The average Bonchev–Trinajstić information content (AvgIpc) is 2.58. The zero-order valence-corrected chi connectivity index (χ0v) is 7.90. The number of carbonyl (C=O) groups excluding carboxylic acids is 1. The van der Waals surface area contributed by atoms with Gasteiger partial charge in [0.15, 0.2) is 0 Å². The number of nitrogens with zero attached hydrogens (tertiary/aromatic N) is 1. The number of carbonyl (C=O) groups is 1. The molecule has 0 spiro atoms. The molecule has 2 N–H and O–H groups in total. The largest absolute Gasteiger partial charge is 0.376 e. The topological polar surface area (TPSA) is 55.6 Å². The Labute approximate surface area is 78.0 Å². The molecular formula is C9H16N2O2. The molecule has 13 heavy (non-hydrogen) atoms. The quantitative estimate of drug-likeness (QED) is 0.610. The van der Waals surface area contributed by atoms with Crippen LogP contribution in [-0.2, 0) is 9.53 Å². The van der Waals surface area contributed by atoms with E-state index in [1.54, 1.807) is 0 Å². The summed E-state index contributed by atoms with van der Waals surface area (Å²) < 4.78 is 5.43. The lowest BCUT2D eigenvalue weighted by molar-refractivity contribution is -0.130. The monoisotopic (exact) mass is 184 g/mol. The van der Waals surface area contributed by atoms with Gasteiger partial charge in [0.2, 0.25) is 5.91 Å². The zero-order valence-electron chi connectivity index (χ0n) is 7.90. The minimum atomic E-state index is 0.0281. The van der Waals surface area contributed by atoms with Crippen LogP contribution in [0.4, 0.5) is 0 Å². The summed E-state index contributed by atoms with van der Waals surface area (Å²) in [4.78, 5) is 13.4. The van der Waals surface area contributed by atoms with Crippen molar-refractivity contribution in [1.29, 1.82) is 0 Å². The van der Waals surface area contributed by atoms with Crippen LogP contribution >= 0.6 is 0 Å². The minimum Gasteiger partial charge on any atom is -0.376 e. The molecule has 0 aromatic heterocycles. The van der Waals surface area contributed by atoms with E-state index in [2.05, 4.69) is 0 Å². The zero-order chi connectivity index (χ0) is 9.42. The number of amides is 1. The first-order chi connectivity index (χ1) is 6.18. The van der Waals surface area contributed by atoms with Gasteiger partial charge in [0.05, 0.1) is 12.1 Å². The fourth-order valence-electron chi connectivity index (χ4n) is 2.21. The summed E-state index contributed by atoms with van der Waals surface area (Å²) in [7, 11) is 0. The molecule has 1 amide bonds. The van der Waals surface area contributed by atoms with Crippen LogP contribution in [-0.4, -0.2) is 42.1 Å². The Balaban J connectivity index is 2.04. The molecule has 3 unspecified atom stereocenters. The number of rotatable bonds is 1. The molecule has 0 radical (unpaired) electrons. The fourth-order valence-corrected chi connectivity index (χ4v) is 2.21. The predicted molar refractivity (Wildman–Crippen MR) is 48.1 cm³/mol. The second-order valence-corrected chi connectivity index (χ2v) is 3.94. The molecule has 0 aromatic rings. The van der Waals surface area contributed by atoms with Gasteiger partial charge >= 0.3 is 0 Å². The van der Waals surface area contributed by atoms with Crippen molar-refractivity contribution in [2.24, 2.45) is 5.73 Å². The molecule has 0 aromatic carbocycles. The first kappa shape index (κ1) is 8.97. The molecule has 2 aliphatic rings. The van der Waals surface area contributed by atoms with E-state index in [4.69, 9.17) is 10.5 Å². The summed E-state index contributed by atoms with van der Waals surface area (Å²) in [5.74, 6) is 0.190. The highest BCUT2D eigenvalue weighted by molar-refractivity contribution is 5.79.